The lowest BCUT2D eigenvalue weighted by Gasteiger charge is -2.72. The summed E-state index contributed by atoms with van der Waals surface area (Å²) in [6.45, 7) is 6.61. The number of hydrogen-bond donors (Lipinski definition) is 1. The number of likely N-dealkylation sites (tertiary alicyclic amines) is 1. The molecule has 1 saturated heterocycles. The maximum Gasteiger partial charge on any atom is 0.312 e. The molecule has 1 N–H and O–H groups in total. The Morgan fingerprint density at radius 3 is 2.90 bits per heavy atom. The summed E-state index contributed by atoms with van der Waals surface area (Å²) in [7, 11) is 0. The minimum absolute atomic E-state index is 0.0151. The molecule has 5 aliphatic carbocycles. The standard InChI is InChI=1S/C26H33NO4/c1-3-30-22(28)18-13-24-8-9-26(18,29)23-25(24)10-11-27(14-16-5-6-16)19(24)12-17-7-4-15(2)21(31-23)20(17)25/h4,7,16,18-19,23,29H,3,5-6,8-14H2,1-2H3/t18-,19-,23-,24-,25+,26-/m1/s1. The Morgan fingerprint density at radius 1 is 1.29 bits per heavy atom. The molecular weight excluding hydrogens is 390 g/mol. The second-order valence-corrected chi connectivity index (χ2v) is 11.3. The van der Waals surface area contributed by atoms with Gasteiger partial charge in [-0.25, -0.2) is 0 Å². The smallest absolute Gasteiger partial charge is 0.312 e. The third-order valence-corrected chi connectivity index (χ3v) is 10.1. The summed E-state index contributed by atoms with van der Waals surface area (Å²) in [6, 6.07) is 4.93. The second kappa shape index (κ2) is 5.85. The van der Waals surface area contributed by atoms with Crippen molar-refractivity contribution in [2.75, 3.05) is 19.7 Å². The van der Waals surface area contributed by atoms with Crippen LogP contribution in [-0.4, -0.2) is 53.4 Å². The molecule has 7 aliphatic rings. The molecular formula is C26H33NO4. The summed E-state index contributed by atoms with van der Waals surface area (Å²) in [5.41, 5.74) is 2.65. The Kier molecular flexibility index (Phi) is 3.57. The van der Waals surface area contributed by atoms with Crippen LogP contribution in [0.3, 0.4) is 0 Å². The van der Waals surface area contributed by atoms with E-state index in [2.05, 4.69) is 24.0 Å². The topological polar surface area (TPSA) is 59.0 Å². The van der Waals surface area contributed by atoms with Crippen LogP contribution in [0.25, 0.3) is 0 Å². The van der Waals surface area contributed by atoms with Crippen molar-refractivity contribution < 1.29 is 19.4 Å². The first-order valence-corrected chi connectivity index (χ1v) is 12.4. The van der Waals surface area contributed by atoms with Gasteiger partial charge in [0.05, 0.1) is 12.5 Å². The Labute approximate surface area is 184 Å². The zero-order chi connectivity index (χ0) is 21.2. The summed E-state index contributed by atoms with van der Waals surface area (Å²) < 4.78 is 12.3. The van der Waals surface area contributed by atoms with E-state index in [9.17, 15) is 9.90 Å². The molecule has 5 fully saturated rings. The van der Waals surface area contributed by atoms with Crippen LogP contribution < -0.4 is 4.74 Å². The van der Waals surface area contributed by atoms with Gasteiger partial charge in [0, 0.05) is 29.0 Å². The maximum atomic E-state index is 13.1. The van der Waals surface area contributed by atoms with Crippen LogP contribution in [0.15, 0.2) is 12.1 Å². The number of nitrogens with zero attached hydrogens (tertiary/aromatic N) is 1. The van der Waals surface area contributed by atoms with Crippen molar-refractivity contribution >= 4 is 5.97 Å². The number of rotatable bonds is 4. The van der Waals surface area contributed by atoms with Crippen LogP contribution in [0.1, 0.15) is 62.1 Å². The molecule has 166 valence electrons. The number of benzene rings is 1. The van der Waals surface area contributed by atoms with E-state index in [-0.39, 0.29) is 22.9 Å². The van der Waals surface area contributed by atoms with Crippen LogP contribution >= 0.6 is 0 Å². The van der Waals surface area contributed by atoms with Gasteiger partial charge < -0.3 is 14.6 Å². The summed E-state index contributed by atoms with van der Waals surface area (Å²) in [6.07, 6.45) is 6.81. The van der Waals surface area contributed by atoms with E-state index in [1.165, 1.54) is 30.5 Å². The number of aliphatic hydroxyl groups is 1. The van der Waals surface area contributed by atoms with Crippen LogP contribution in [0.4, 0.5) is 0 Å². The SMILES string of the molecule is CCOC(=O)[C@H]1C[C@@]23CC[C@]1(O)[C@@H]1Oc4c(C)ccc5c4[C@@]12CCN(CC1CC1)[C@@H]3C5. The lowest BCUT2D eigenvalue weighted by molar-refractivity contribution is -0.268. The Hall–Kier alpha value is -1.59. The van der Waals surface area contributed by atoms with Crippen molar-refractivity contribution in [3.63, 3.8) is 0 Å². The zero-order valence-corrected chi connectivity index (χ0v) is 18.7. The van der Waals surface area contributed by atoms with Gasteiger partial charge in [-0.1, -0.05) is 12.1 Å². The predicted molar refractivity (Wildman–Crippen MR) is 115 cm³/mol. The monoisotopic (exact) mass is 423 g/mol. The molecule has 5 heteroatoms. The summed E-state index contributed by atoms with van der Waals surface area (Å²) in [5.74, 6) is 1.14. The minimum atomic E-state index is -1.14. The van der Waals surface area contributed by atoms with Gasteiger partial charge in [-0.3, -0.25) is 9.69 Å². The molecule has 4 saturated carbocycles. The summed E-state index contributed by atoms with van der Waals surface area (Å²) in [5, 5.41) is 12.1. The highest BCUT2D eigenvalue weighted by molar-refractivity contribution is 5.76. The average molecular weight is 424 g/mol. The number of ether oxygens (including phenoxy) is 2. The van der Waals surface area contributed by atoms with E-state index in [0.717, 1.165) is 49.5 Å². The first-order valence-electron chi connectivity index (χ1n) is 12.4. The van der Waals surface area contributed by atoms with Crippen molar-refractivity contribution in [1.82, 2.24) is 4.90 Å². The Bertz CT molecular complexity index is 988. The van der Waals surface area contributed by atoms with E-state index in [4.69, 9.17) is 9.47 Å². The normalized spacial score (nSPS) is 44.0. The molecule has 1 aromatic rings. The van der Waals surface area contributed by atoms with Crippen LogP contribution in [0.2, 0.25) is 0 Å². The number of esters is 1. The van der Waals surface area contributed by atoms with Gasteiger partial charge in [0.2, 0.25) is 0 Å². The van der Waals surface area contributed by atoms with Gasteiger partial charge >= 0.3 is 5.97 Å². The molecule has 2 aliphatic heterocycles. The second-order valence-electron chi connectivity index (χ2n) is 11.3. The number of fused-ring (bicyclic) bond motifs is 2. The first kappa shape index (κ1) is 18.9. The Morgan fingerprint density at radius 2 is 2.13 bits per heavy atom. The van der Waals surface area contributed by atoms with Gasteiger partial charge in [0.1, 0.15) is 17.5 Å². The molecule has 8 rings (SSSR count). The fourth-order valence-corrected chi connectivity index (χ4v) is 8.73. The van der Waals surface area contributed by atoms with E-state index < -0.39 is 11.5 Å². The number of carbonyl (C=O) groups excluding carboxylic acids is 1. The molecule has 6 atom stereocenters. The lowest BCUT2D eigenvalue weighted by Crippen LogP contribution is -2.81. The summed E-state index contributed by atoms with van der Waals surface area (Å²) >= 11 is 0. The van der Waals surface area contributed by atoms with Gasteiger partial charge in [-0.05, 0) is 82.4 Å². The van der Waals surface area contributed by atoms with Crippen LogP contribution in [-0.2, 0) is 21.4 Å². The van der Waals surface area contributed by atoms with E-state index in [1.54, 1.807) is 0 Å². The molecule has 31 heavy (non-hydrogen) atoms. The Balaban J connectivity index is 1.44. The zero-order valence-electron chi connectivity index (χ0n) is 18.7. The third kappa shape index (κ3) is 2.05. The van der Waals surface area contributed by atoms with Crippen LogP contribution in [0, 0.1) is 24.2 Å². The lowest BCUT2D eigenvalue weighted by atomic mass is 9.35. The molecule has 0 aromatic heterocycles. The highest BCUT2D eigenvalue weighted by Gasteiger charge is 2.81. The van der Waals surface area contributed by atoms with Crippen molar-refractivity contribution in [3.05, 3.63) is 28.8 Å². The van der Waals surface area contributed by atoms with E-state index in [0.29, 0.717) is 19.1 Å². The number of piperidine rings is 1. The summed E-state index contributed by atoms with van der Waals surface area (Å²) in [4.78, 5) is 15.9. The van der Waals surface area contributed by atoms with Crippen molar-refractivity contribution in [1.29, 1.82) is 0 Å². The van der Waals surface area contributed by atoms with Gasteiger partial charge in [0.25, 0.3) is 0 Å². The molecule has 0 radical (unpaired) electrons. The minimum Gasteiger partial charge on any atom is -0.486 e. The van der Waals surface area contributed by atoms with E-state index >= 15 is 0 Å². The molecule has 0 amide bonds. The fraction of sp³-hybridized carbons (Fsp3) is 0.731. The van der Waals surface area contributed by atoms with E-state index in [1.807, 2.05) is 6.92 Å². The van der Waals surface area contributed by atoms with Gasteiger partial charge in [-0.2, -0.15) is 0 Å². The predicted octanol–water partition coefficient (Wildman–Crippen LogP) is 3.13. The number of carbonyl (C=O) groups is 1. The van der Waals surface area contributed by atoms with Crippen molar-refractivity contribution in [3.8, 4) is 5.75 Å². The number of hydrogen-bond acceptors (Lipinski definition) is 5. The molecule has 0 unspecified atom stereocenters. The molecule has 2 heterocycles. The maximum absolute atomic E-state index is 13.1. The third-order valence-electron chi connectivity index (χ3n) is 10.1. The fourth-order valence-electron chi connectivity index (χ4n) is 8.73. The van der Waals surface area contributed by atoms with Crippen molar-refractivity contribution in [2.45, 2.75) is 82.0 Å². The molecule has 1 aromatic carbocycles. The molecule has 5 nitrogen and oxygen atoms in total. The molecule has 4 bridgehead atoms. The number of aryl methyl sites for hydroxylation is 1. The van der Waals surface area contributed by atoms with Crippen LogP contribution in [0.5, 0.6) is 5.75 Å². The van der Waals surface area contributed by atoms with Crippen molar-refractivity contribution in [2.24, 2.45) is 17.3 Å². The quantitative estimate of drug-likeness (QED) is 0.754. The largest absolute Gasteiger partial charge is 0.486 e. The first-order chi connectivity index (χ1) is 14.9. The highest BCUT2D eigenvalue weighted by atomic mass is 16.5. The average Bonchev–Trinajstić information content (AvgIpc) is 3.49. The highest BCUT2D eigenvalue weighted by Crippen LogP contribution is 2.75. The molecule has 2 spiro atoms. The van der Waals surface area contributed by atoms with Gasteiger partial charge in [-0.15, -0.1) is 0 Å². The van der Waals surface area contributed by atoms with Gasteiger partial charge in [0.15, 0.2) is 0 Å².